The zero-order chi connectivity index (χ0) is 20.1. The maximum absolute atomic E-state index is 6.28. The molecule has 2 aromatic carbocycles. The van der Waals surface area contributed by atoms with Crippen LogP contribution in [0.15, 0.2) is 60.8 Å². The van der Waals surface area contributed by atoms with Gasteiger partial charge in [-0.3, -0.25) is 0 Å². The highest BCUT2D eigenvalue weighted by Gasteiger charge is 2.42. The minimum absolute atomic E-state index is 0.122. The molecule has 1 saturated heterocycles. The minimum atomic E-state index is -0.122. The van der Waals surface area contributed by atoms with Gasteiger partial charge in [0.05, 0.1) is 23.2 Å². The Bertz CT molecular complexity index is 1230. The van der Waals surface area contributed by atoms with Crippen molar-refractivity contribution < 1.29 is 4.74 Å². The van der Waals surface area contributed by atoms with Crippen LogP contribution in [0.1, 0.15) is 24.0 Å². The zero-order valence-corrected chi connectivity index (χ0v) is 17.2. The summed E-state index contributed by atoms with van der Waals surface area (Å²) in [5.41, 5.74) is 5.38. The standard InChI is InChI=1S/C24H21ClN4O/c25-18-6-7-20-21(13-18)28-23(27-20)16-5-8-22(26-14-16)29-11-9-24(10-12-29)19-4-2-1-3-17(19)15-30-24/h1-8,13-14H,9-12,15H2,(H,27,28). The van der Waals surface area contributed by atoms with Gasteiger partial charge in [-0.2, -0.15) is 0 Å². The van der Waals surface area contributed by atoms with E-state index >= 15 is 0 Å². The lowest BCUT2D eigenvalue weighted by Crippen LogP contribution is -2.42. The second-order valence-electron chi connectivity index (χ2n) is 8.08. The molecular weight excluding hydrogens is 396 g/mol. The molecule has 1 spiro atoms. The molecule has 4 heterocycles. The van der Waals surface area contributed by atoms with Gasteiger partial charge in [0, 0.05) is 29.9 Å². The summed E-state index contributed by atoms with van der Waals surface area (Å²) in [4.78, 5) is 15.1. The van der Waals surface area contributed by atoms with Crippen molar-refractivity contribution >= 4 is 28.5 Å². The van der Waals surface area contributed by atoms with Crippen molar-refractivity contribution in [1.82, 2.24) is 15.0 Å². The predicted octanol–water partition coefficient (Wildman–Crippen LogP) is 5.30. The highest BCUT2D eigenvalue weighted by atomic mass is 35.5. The van der Waals surface area contributed by atoms with E-state index in [9.17, 15) is 0 Å². The average Bonchev–Trinajstić information content (AvgIpc) is 3.37. The largest absolute Gasteiger partial charge is 0.365 e. The third-order valence-electron chi connectivity index (χ3n) is 6.37. The molecule has 30 heavy (non-hydrogen) atoms. The van der Waals surface area contributed by atoms with E-state index in [-0.39, 0.29) is 5.60 Å². The maximum atomic E-state index is 6.28. The molecule has 2 aliphatic heterocycles. The first-order valence-electron chi connectivity index (χ1n) is 10.3. The third kappa shape index (κ3) is 2.89. The lowest BCUT2D eigenvalue weighted by molar-refractivity contribution is -0.0551. The number of benzene rings is 2. The Hall–Kier alpha value is -2.89. The van der Waals surface area contributed by atoms with Crippen molar-refractivity contribution in [3.8, 4) is 11.4 Å². The van der Waals surface area contributed by atoms with E-state index < -0.39 is 0 Å². The van der Waals surface area contributed by atoms with Gasteiger partial charge in [-0.1, -0.05) is 35.9 Å². The van der Waals surface area contributed by atoms with Crippen LogP contribution in [0.2, 0.25) is 5.02 Å². The summed E-state index contributed by atoms with van der Waals surface area (Å²) >= 11 is 6.07. The number of piperidine rings is 1. The molecule has 2 aliphatic rings. The molecule has 0 unspecified atom stereocenters. The number of H-pyrrole nitrogens is 1. The van der Waals surface area contributed by atoms with E-state index in [0.717, 1.165) is 60.8 Å². The van der Waals surface area contributed by atoms with E-state index in [2.05, 4.69) is 51.3 Å². The number of hydrogen-bond acceptors (Lipinski definition) is 4. The van der Waals surface area contributed by atoms with Crippen LogP contribution in [0.4, 0.5) is 5.82 Å². The van der Waals surface area contributed by atoms with Crippen LogP contribution >= 0.6 is 11.6 Å². The number of halogens is 1. The van der Waals surface area contributed by atoms with E-state index in [0.29, 0.717) is 5.02 Å². The monoisotopic (exact) mass is 416 g/mol. The van der Waals surface area contributed by atoms with Gasteiger partial charge >= 0.3 is 0 Å². The molecule has 0 atom stereocenters. The van der Waals surface area contributed by atoms with Crippen LogP contribution in [0.5, 0.6) is 0 Å². The van der Waals surface area contributed by atoms with Crippen molar-refractivity contribution in [3.63, 3.8) is 0 Å². The summed E-state index contributed by atoms with van der Waals surface area (Å²) in [7, 11) is 0. The van der Waals surface area contributed by atoms with Crippen molar-refractivity contribution in [3.05, 3.63) is 76.9 Å². The van der Waals surface area contributed by atoms with Gasteiger partial charge in [0.25, 0.3) is 0 Å². The number of anilines is 1. The van der Waals surface area contributed by atoms with Crippen LogP contribution in [-0.2, 0) is 16.9 Å². The van der Waals surface area contributed by atoms with Gasteiger partial charge in [0.1, 0.15) is 11.6 Å². The van der Waals surface area contributed by atoms with Crippen molar-refractivity contribution in [1.29, 1.82) is 0 Å². The van der Waals surface area contributed by atoms with Crippen molar-refractivity contribution in [2.45, 2.75) is 25.0 Å². The summed E-state index contributed by atoms with van der Waals surface area (Å²) in [5.74, 6) is 1.80. The first kappa shape index (κ1) is 17.9. The second-order valence-corrected chi connectivity index (χ2v) is 8.52. The number of pyridine rings is 1. The number of nitrogens with zero attached hydrogens (tertiary/aromatic N) is 3. The van der Waals surface area contributed by atoms with E-state index in [4.69, 9.17) is 21.3 Å². The second kappa shape index (κ2) is 6.83. The smallest absolute Gasteiger partial charge is 0.140 e. The highest BCUT2D eigenvalue weighted by molar-refractivity contribution is 6.31. The Labute approximate surface area is 179 Å². The average molecular weight is 417 g/mol. The molecule has 2 aromatic heterocycles. The van der Waals surface area contributed by atoms with Gasteiger partial charge in [0.15, 0.2) is 0 Å². The predicted molar refractivity (Wildman–Crippen MR) is 119 cm³/mol. The van der Waals surface area contributed by atoms with Gasteiger partial charge < -0.3 is 14.6 Å². The number of hydrogen-bond donors (Lipinski definition) is 1. The fourth-order valence-electron chi connectivity index (χ4n) is 4.72. The van der Waals surface area contributed by atoms with E-state index in [1.165, 1.54) is 11.1 Å². The Morgan fingerprint density at radius 3 is 2.73 bits per heavy atom. The molecule has 0 aliphatic carbocycles. The molecule has 6 rings (SSSR count). The Balaban J connectivity index is 1.20. The molecule has 0 saturated carbocycles. The molecule has 5 nitrogen and oxygen atoms in total. The van der Waals surface area contributed by atoms with Gasteiger partial charge in [-0.15, -0.1) is 0 Å². The van der Waals surface area contributed by atoms with Crippen LogP contribution in [-0.4, -0.2) is 28.0 Å². The van der Waals surface area contributed by atoms with E-state index in [1.54, 1.807) is 0 Å². The third-order valence-corrected chi connectivity index (χ3v) is 6.61. The molecule has 150 valence electrons. The van der Waals surface area contributed by atoms with Crippen LogP contribution in [0.3, 0.4) is 0 Å². The quantitative estimate of drug-likeness (QED) is 0.481. The molecule has 0 amide bonds. The summed E-state index contributed by atoms with van der Waals surface area (Å²) in [6, 6.07) is 18.5. The molecule has 1 N–H and O–H groups in total. The SMILES string of the molecule is Clc1ccc2[nH]c(-c3ccc(N4CCC5(CC4)OCc4ccccc45)nc3)nc2c1. The number of fused-ring (bicyclic) bond motifs is 3. The van der Waals surface area contributed by atoms with Crippen LogP contribution in [0.25, 0.3) is 22.4 Å². The van der Waals surface area contributed by atoms with Gasteiger partial charge in [-0.05, 0) is 54.3 Å². The molecular formula is C24H21ClN4O. The number of aromatic nitrogens is 3. The fourth-order valence-corrected chi connectivity index (χ4v) is 4.89. The number of rotatable bonds is 2. The van der Waals surface area contributed by atoms with Crippen molar-refractivity contribution in [2.75, 3.05) is 18.0 Å². The number of ether oxygens (including phenoxy) is 1. The molecule has 4 aromatic rings. The Morgan fingerprint density at radius 2 is 1.90 bits per heavy atom. The number of imidazole rings is 1. The number of nitrogens with one attached hydrogen (secondary N) is 1. The normalized spacial score (nSPS) is 17.6. The summed E-state index contributed by atoms with van der Waals surface area (Å²) in [6.07, 6.45) is 3.86. The van der Waals surface area contributed by atoms with E-state index in [1.807, 2.05) is 24.4 Å². The maximum Gasteiger partial charge on any atom is 0.140 e. The van der Waals surface area contributed by atoms with Gasteiger partial charge in [0.2, 0.25) is 0 Å². The molecule has 6 heteroatoms. The highest BCUT2D eigenvalue weighted by Crippen LogP contribution is 2.44. The zero-order valence-electron chi connectivity index (χ0n) is 16.4. The minimum Gasteiger partial charge on any atom is -0.365 e. The topological polar surface area (TPSA) is 54.0 Å². The summed E-state index contributed by atoms with van der Waals surface area (Å²) < 4.78 is 6.28. The van der Waals surface area contributed by atoms with Crippen LogP contribution in [0, 0.1) is 0 Å². The van der Waals surface area contributed by atoms with Crippen molar-refractivity contribution in [2.24, 2.45) is 0 Å². The Morgan fingerprint density at radius 1 is 1.03 bits per heavy atom. The first-order valence-corrected chi connectivity index (χ1v) is 10.7. The molecule has 0 bridgehead atoms. The summed E-state index contributed by atoms with van der Waals surface area (Å²) in [6.45, 7) is 2.60. The Kier molecular flexibility index (Phi) is 4.08. The fraction of sp³-hybridized carbons (Fsp3) is 0.250. The lowest BCUT2D eigenvalue weighted by Gasteiger charge is -2.39. The molecule has 1 fully saturated rings. The van der Waals surface area contributed by atoms with Crippen LogP contribution < -0.4 is 4.90 Å². The molecule has 0 radical (unpaired) electrons. The number of aromatic amines is 1. The first-order chi connectivity index (χ1) is 14.7. The lowest BCUT2D eigenvalue weighted by atomic mass is 9.84. The van der Waals surface area contributed by atoms with Gasteiger partial charge in [-0.25, -0.2) is 9.97 Å². The summed E-state index contributed by atoms with van der Waals surface area (Å²) in [5, 5.41) is 0.686.